The molecule has 0 saturated heterocycles. The van der Waals surface area contributed by atoms with E-state index in [1.807, 2.05) is 31.3 Å². The number of nitrogens with zero attached hydrogens (tertiary/aromatic N) is 1. The number of fused-ring (bicyclic) bond motifs is 2. The predicted molar refractivity (Wildman–Crippen MR) is 111 cm³/mol. The number of nitrogens with one attached hydrogen (secondary N) is 1. The molecule has 2 aromatic carbocycles. The zero-order valence-corrected chi connectivity index (χ0v) is 16.2. The summed E-state index contributed by atoms with van der Waals surface area (Å²) in [7, 11) is 0. The number of hydrogen-bond acceptors (Lipinski definition) is 2. The van der Waals surface area contributed by atoms with Crippen molar-refractivity contribution in [1.29, 1.82) is 0 Å². The number of aromatic nitrogens is 1. The van der Waals surface area contributed by atoms with Gasteiger partial charge in [-0.15, -0.1) is 0 Å². The van der Waals surface area contributed by atoms with E-state index in [2.05, 4.69) is 40.6 Å². The van der Waals surface area contributed by atoms with Crippen LogP contribution in [0.1, 0.15) is 68.2 Å². The minimum atomic E-state index is -0.0392. The van der Waals surface area contributed by atoms with Gasteiger partial charge in [-0.3, -0.25) is 9.78 Å². The van der Waals surface area contributed by atoms with Crippen molar-refractivity contribution in [2.75, 3.05) is 0 Å². The van der Waals surface area contributed by atoms with E-state index >= 15 is 0 Å². The molecule has 1 heterocycles. The molecule has 1 aromatic heterocycles. The van der Waals surface area contributed by atoms with Gasteiger partial charge in [-0.2, -0.15) is 0 Å². The maximum absolute atomic E-state index is 12.6. The van der Waals surface area contributed by atoms with Crippen LogP contribution >= 0.6 is 0 Å². The van der Waals surface area contributed by atoms with Crippen LogP contribution in [-0.2, 0) is 19.4 Å². The van der Waals surface area contributed by atoms with E-state index in [4.69, 9.17) is 0 Å². The Labute approximate surface area is 165 Å². The molecule has 1 amide bonds. The average Bonchev–Trinajstić information content (AvgIpc) is 3.56. The second-order valence-electron chi connectivity index (χ2n) is 8.15. The van der Waals surface area contributed by atoms with Gasteiger partial charge in [-0.25, -0.2) is 0 Å². The minimum absolute atomic E-state index is 0.0392. The average molecular weight is 368 g/mol. The van der Waals surface area contributed by atoms with Crippen LogP contribution in [-0.4, -0.2) is 10.9 Å². The minimum Gasteiger partial charge on any atom is -0.346 e. The molecule has 0 aliphatic heterocycles. The van der Waals surface area contributed by atoms with Gasteiger partial charge in [0.25, 0.3) is 5.91 Å². The van der Waals surface area contributed by atoms with E-state index in [1.165, 1.54) is 40.7 Å². The molecule has 2 aliphatic carbocycles. The Balaban J connectivity index is 1.32. The van der Waals surface area contributed by atoms with E-state index in [1.54, 1.807) is 0 Å². The molecule has 0 spiro atoms. The van der Waals surface area contributed by atoms with Gasteiger partial charge in [0.1, 0.15) is 0 Å². The highest BCUT2D eigenvalue weighted by Gasteiger charge is 2.25. The summed E-state index contributed by atoms with van der Waals surface area (Å²) in [5.74, 6) is 0.738. The maximum atomic E-state index is 12.6. The molecular formula is C25H24N2O. The molecule has 1 saturated carbocycles. The molecular weight excluding hydrogens is 344 g/mol. The third kappa shape index (κ3) is 3.45. The summed E-state index contributed by atoms with van der Waals surface area (Å²) in [5, 5.41) is 2.99. The van der Waals surface area contributed by atoms with Crippen molar-refractivity contribution in [1.82, 2.24) is 10.3 Å². The Hall–Kier alpha value is -2.94. The first-order chi connectivity index (χ1) is 13.7. The van der Waals surface area contributed by atoms with Crippen molar-refractivity contribution in [3.8, 4) is 0 Å². The predicted octanol–water partition coefficient (Wildman–Crippen LogP) is 4.69. The molecule has 5 rings (SSSR count). The highest BCUT2D eigenvalue weighted by molar-refractivity contribution is 5.94. The Bertz CT molecular complexity index is 1050. The van der Waals surface area contributed by atoms with Crippen LogP contribution in [0.3, 0.4) is 0 Å². The van der Waals surface area contributed by atoms with Crippen molar-refractivity contribution in [2.24, 2.45) is 0 Å². The van der Waals surface area contributed by atoms with Crippen molar-refractivity contribution in [2.45, 2.75) is 45.1 Å². The van der Waals surface area contributed by atoms with Gasteiger partial charge in [0.2, 0.25) is 0 Å². The van der Waals surface area contributed by atoms with Gasteiger partial charge in [0, 0.05) is 11.8 Å². The fraction of sp³-hybridized carbons (Fsp3) is 0.280. The molecule has 2 aliphatic rings. The normalized spacial score (nSPS) is 14.9. The fourth-order valence-corrected chi connectivity index (χ4v) is 4.04. The van der Waals surface area contributed by atoms with Gasteiger partial charge in [-0.05, 0) is 90.1 Å². The molecule has 3 aromatic rings. The number of amides is 1. The lowest BCUT2D eigenvalue weighted by Gasteiger charge is -2.21. The largest absolute Gasteiger partial charge is 0.346 e. The Kier molecular flexibility index (Phi) is 4.23. The fourth-order valence-electron chi connectivity index (χ4n) is 4.04. The molecule has 1 N–H and O–H groups in total. The van der Waals surface area contributed by atoms with Crippen molar-refractivity contribution in [3.63, 3.8) is 0 Å². The highest BCUT2D eigenvalue weighted by Crippen LogP contribution is 2.41. The van der Waals surface area contributed by atoms with Gasteiger partial charge >= 0.3 is 0 Å². The zero-order valence-electron chi connectivity index (χ0n) is 16.2. The summed E-state index contributed by atoms with van der Waals surface area (Å²) < 4.78 is 0. The summed E-state index contributed by atoms with van der Waals surface area (Å²) >= 11 is 0. The molecule has 3 heteroatoms. The molecule has 3 nitrogen and oxygen atoms in total. The summed E-state index contributed by atoms with van der Waals surface area (Å²) in [6, 6.07) is 17.1. The van der Waals surface area contributed by atoms with Crippen molar-refractivity contribution >= 4 is 5.91 Å². The van der Waals surface area contributed by atoms with E-state index in [-0.39, 0.29) is 5.91 Å². The third-order valence-corrected chi connectivity index (χ3v) is 5.91. The Morgan fingerprint density at radius 1 is 0.964 bits per heavy atom. The van der Waals surface area contributed by atoms with Crippen LogP contribution in [0, 0.1) is 6.92 Å². The molecule has 140 valence electrons. The van der Waals surface area contributed by atoms with Crippen LogP contribution in [0.5, 0.6) is 0 Å². The number of carbonyl (C=O) groups is 1. The lowest BCUT2D eigenvalue weighted by molar-refractivity contribution is 0.0950. The van der Waals surface area contributed by atoms with Gasteiger partial charge in [0.05, 0.1) is 12.2 Å². The summed E-state index contributed by atoms with van der Waals surface area (Å²) in [5.41, 5.74) is 9.69. The molecule has 0 atom stereocenters. The Morgan fingerprint density at radius 2 is 1.71 bits per heavy atom. The first-order valence-electron chi connectivity index (χ1n) is 10.1. The van der Waals surface area contributed by atoms with E-state index in [0.29, 0.717) is 6.54 Å². The summed E-state index contributed by atoms with van der Waals surface area (Å²) in [4.78, 5) is 17.0. The van der Waals surface area contributed by atoms with Crippen LogP contribution in [0.2, 0.25) is 0 Å². The van der Waals surface area contributed by atoms with Crippen molar-refractivity contribution in [3.05, 3.63) is 99.4 Å². The van der Waals surface area contributed by atoms with Gasteiger partial charge in [-0.1, -0.05) is 30.3 Å². The lowest BCUT2D eigenvalue weighted by atomic mass is 9.84. The number of benzene rings is 2. The van der Waals surface area contributed by atoms with Crippen LogP contribution in [0.15, 0.2) is 54.7 Å². The van der Waals surface area contributed by atoms with Gasteiger partial charge < -0.3 is 5.32 Å². The molecule has 0 unspecified atom stereocenters. The quantitative estimate of drug-likeness (QED) is 0.568. The lowest BCUT2D eigenvalue weighted by Crippen LogP contribution is -2.23. The molecule has 0 bridgehead atoms. The SMILES string of the molecule is Cc1ccc(CNC(=O)c2ccc3c(c2)Cc2cc(C4CC4)ccc2C3)nc1. The number of rotatable bonds is 4. The smallest absolute Gasteiger partial charge is 0.251 e. The second kappa shape index (κ2) is 6.90. The van der Waals surface area contributed by atoms with Crippen LogP contribution < -0.4 is 5.32 Å². The van der Waals surface area contributed by atoms with Gasteiger partial charge in [0.15, 0.2) is 0 Å². The van der Waals surface area contributed by atoms with Crippen molar-refractivity contribution < 1.29 is 4.79 Å². The van der Waals surface area contributed by atoms with Crippen LogP contribution in [0.4, 0.5) is 0 Å². The molecule has 0 radical (unpaired) electrons. The number of hydrogen-bond donors (Lipinski definition) is 1. The van der Waals surface area contributed by atoms with E-state index < -0.39 is 0 Å². The standard InChI is InChI=1S/C25H24N2O/c1-16-2-9-24(26-14-16)15-27-25(28)21-8-7-20-10-19-6-5-18(17-3-4-17)11-22(19)13-23(20)12-21/h2,5-9,11-12,14,17H,3-4,10,13,15H2,1H3,(H,27,28). The van der Waals surface area contributed by atoms with E-state index in [0.717, 1.165) is 35.6 Å². The maximum Gasteiger partial charge on any atom is 0.251 e. The third-order valence-electron chi connectivity index (χ3n) is 5.91. The highest BCUT2D eigenvalue weighted by atomic mass is 16.1. The molecule has 28 heavy (non-hydrogen) atoms. The second-order valence-corrected chi connectivity index (χ2v) is 8.15. The zero-order chi connectivity index (χ0) is 19.1. The number of carbonyl (C=O) groups excluding carboxylic acids is 1. The number of pyridine rings is 1. The van der Waals surface area contributed by atoms with Crippen LogP contribution in [0.25, 0.3) is 0 Å². The Morgan fingerprint density at radius 3 is 2.46 bits per heavy atom. The monoisotopic (exact) mass is 368 g/mol. The topological polar surface area (TPSA) is 42.0 Å². The van der Waals surface area contributed by atoms with E-state index in [9.17, 15) is 4.79 Å². The summed E-state index contributed by atoms with van der Waals surface area (Å²) in [6.45, 7) is 2.46. The molecule has 1 fully saturated rings. The number of aryl methyl sites for hydroxylation is 1. The first kappa shape index (κ1) is 17.2. The summed E-state index contributed by atoms with van der Waals surface area (Å²) in [6.07, 6.45) is 6.37. The first-order valence-corrected chi connectivity index (χ1v) is 10.1.